The minimum atomic E-state index is -3.08. The van der Waals surface area contributed by atoms with Crippen molar-refractivity contribution in [2.75, 3.05) is 26.4 Å². The number of hydrogen-bond acceptors (Lipinski definition) is 20. The van der Waals surface area contributed by atoms with Crippen molar-refractivity contribution in [3.05, 3.63) is 24.3 Å². The van der Waals surface area contributed by atoms with Gasteiger partial charge in [0.1, 0.15) is 67.1 Å². The molecule has 2 amide bonds. The Morgan fingerprint density at radius 3 is 1.32 bits per heavy atom. The molecule has 3 saturated heterocycles. The van der Waals surface area contributed by atoms with Gasteiger partial charge < -0.3 is 100 Å². The van der Waals surface area contributed by atoms with Crippen LogP contribution in [0.4, 0.5) is 0 Å². The number of carboxylic acids is 1. The molecule has 0 bridgehead atoms. The Kier molecular flexibility index (Phi) is 54.2. The number of carboxylic acid groups (broad SMARTS) is 1. The third-order valence-electron chi connectivity index (χ3n) is 20.9. The van der Waals surface area contributed by atoms with Crippen LogP contribution in [0.25, 0.3) is 0 Å². The van der Waals surface area contributed by atoms with Crippen LogP contribution in [0.15, 0.2) is 24.3 Å². The number of unbranched alkanes of at least 4 members (excludes halogenated alkanes) is 43. The van der Waals surface area contributed by atoms with Crippen LogP contribution in [0.2, 0.25) is 0 Å². The molecule has 0 radical (unpaired) electrons. The highest BCUT2D eigenvalue weighted by Gasteiger charge is 2.60. The Morgan fingerprint density at radius 1 is 0.505 bits per heavy atom. The van der Waals surface area contributed by atoms with Gasteiger partial charge >= 0.3 is 5.97 Å². The molecule has 3 rings (SSSR count). The zero-order valence-electron chi connectivity index (χ0n) is 63.9. The molecule has 18 unspecified atom stereocenters. The highest BCUT2D eigenvalue weighted by Crippen LogP contribution is 2.39. The number of hydrogen-bond donors (Lipinski definition) is 14. The van der Waals surface area contributed by atoms with Crippen LogP contribution in [0, 0.1) is 0 Å². The van der Waals surface area contributed by atoms with Crippen molar-refractivity contribution in [3.63, 3.8) is 0 Å². The first-order valence-corrected chi connectivity index (χ1v) is 41.2. The number of allylic oxidation sites excluding steroid dienone is 3. The van der Waals surface area contributed by atoms with E-state index in [4.69, 9.17) is 28.4 Å². The summed E-state index contributed by atoms with van der Waals surface area (Å²) in [5.41, 5.74) is 0. The maximum atomic E-state index is 13.5. The van der Waals surface area contributed by atoms with Gasteiger partial charge in [0.15, 0.2) is 12.6 Å². The first kappa shape index (κ1) is 94.4. The van der Waals surface area contributed by atoms with Crippen molar-refractivity contribution in [3.8, 4) is 0 Å². The summed E-state index contributed by atoms with van der Waals surface area (Å²) in [6.07, 6.45) is 36.4. The normalized spacial score (nSPS) is 26.6. The molecular formula is C80H148N2O21. The molecule has 14 N–H and O–H groups in total. The number of aliphatic carboxylic acids is 1. The monoisotopic (exact) mass is 1470 g/mol. The minimum Gasteiger partial charge on any atom is -0.477 e. The SMILES string of the molecule is CCCCCCCCCCCCCC/C=C\CCCCCCCCCCC(=O)NC(COC1OC(CO)C(OC2OC(CO)C(O)C(OC3(C(=O)O)CC(O)C(NC(C)=O)C(C(O)C(O)CO)O3)C2O)C(O)C1O)C(O)/C=C/CCCCCCCCCCCCCCCCCCCCCCCCC. The summed E-state index contributed by atoms with van der Waals surface area (Å²) in [5.74, 6) is -6.14. The predicted molar refractivity (Wildman–Crippen MR) is 398 cm³/mol. The van der Waals surface area contributed by atoms with Crippen molar-refractivity contribution in [2.24, 2.45) is 0 Å². The first-order valence-electron chi connectivity index (χ1n) is 41.2. The smallest absolute Gasteiger partial charge is 0.364 e. The van der Waals surface area contributed by atoms with Crippen LogP contribution >= 0.6 is 0 Å². The Morgan fingerprint density at radius 2 is 0.913 bits per heavy atom. The Hall–Kier alpha value is -2.79. The number of carbonyl (C=O) groups excluding carboxylic acids is 2. The summed E-state index contributed by atoms with van der Waals surface area (Å²) in [6, 6.07) is -2.62. The molecule has 604 valence electrons. The standard InChI is InChI=1S/C80H148N2O21/c1-4-6-8-10-12-14-16-18-20-22-24-26-28-30-31-33-35-37-39-41-43-45-47-49-51-53-62(87)61(82-67(90)54-52-50-48-46-44-42-40-38-36-34-32-29-27-25-23-21-19-17-15-13-11-9-7-5-2)59-98-77-72(94)71(93)74(66(58-85)100-77)101-78-73(95)76(70(92)65(57-84)99-78)103-80(79(96)97)55-63(88)68(81-60(3)86)75(102-80)69(91)64(89)56-83/h32,34,51,53,61-66,68-78,83-85,87-89,91-95H,4-31,33,35-50,52,54-59H2,1-3H3,(H,81,86)(H,82,90)(H,96,97)/b34-32-,53-51+. The molecule has 0 aromatic heterocycles. The molecule has 3 aliphatic heterocycles. The van der Waals surface area contributed by atoms with Gasteiger partial charge in [-0.15, -0.1) is 0 Å². The van der Waals surface area contributed by atoms with Gasteiger partial charge in [-0.25, -0.2) is 4.79 Å². The summed E-state index contributed by atoms with van der Waals surface area (Å²) < 4.78 is 34.9. The lowest BCUT2D eigenvalue weighted by Crippen LogP contribution is -2.70. The zero-order chi connectivity index (χ0) is 75.3. The second-order valence-corrected chi connectivity index (χ2v) is 30.0. The molecular weight excluding hydrogens is 1320 g/mol. The van der Waals surface area contributed by atoms with E-state index in [0.717, 1.165) is 58.3 Å². The molecule has 0 aromatic rings. The molecule has 3 fully saturated rings. The van der Waals surface area contributed by atoms with E-state index in [9.17, 15) is 75.7 Å². The molecule has 23 nitrogen and oxygen atoms in total. The lowest BCUT2D eigenvalue weighted by molar-refractivity contribution is -0.386. The highest BCUT2D eigenvalue weighted by atomic mass is 16.8. The fourth-order valence-electron chi connectivity index (χ4n) is 14.4. The van der Waals surface area contributed by atoms with Crippen LogP contribution in [-0.2, 0) is 42.8 Å². The van der Waals surface area contributed by atoms with Gasteiger partial charge in [-0.05, 0) is 44.9 Å². The van der Waals surface area contributed by atoms with Gasteiger partial charge in [-0.1, -0.05) is 289 Å². The maximum absolute atomic E-state index is 13.5. The number of rotatable bonds is 65. The number of amides is 2. The molecule has 0 saturated carbocycles. The van der Waals surface area contributed by atoms with Crippen LogP contribution in [-0.4, -0.2) is 215 Å². The van der Waals surface area contributed by atoms with E-state index in [0.29, 0.717) is 12.8 Å². The third kappa shape index (κ3) is 39.4. The topological polar surface area (TPSA) is 373 Å². The molecule has 18 atom stereocenters. The average molecular weight is 1470 g/mol. The number of nitrogens with one attached hydrogen (secondary N) is 2. The largest absolute Gasteiger partial charge is 0.477 e. The van der Waals surface area contributed by atoms with E-state index in [1.165, 1.54) is 231 Å². The van der Waals surface area contributed by atoms with Gasteiger partial charge in [0.05, 0.1) is 50.7 Å². The summed E-state index contributed by atoms with van der Waals surface area (Å²) >= 11 is 0. The van der Waals surface area contributed by atoms with Gasteiger partial charge in [0.2, 0.25) is 11.8 Å². The van der Waals surface area contributed by atoms with E-state index in [-0.39, 0.29) is 12.3 Å². The van der Waals surface area contributed by atoms with E-state index < -0.39 is 155 Å². The van der Waals surface area contributed by atoms with Crippen LogP contribution in [0.5, 0.6) is 0 Å². The van der Waals surface area contributed by atoms with Crippen molar-refractivity contribution in [1.29, 1.82) is 0 Å². The third-order valence-corrected chi connectivity index (χ3v) is 20.9. The second-order valence-electron chi connectivity index (χ2n) is 30.0. The fraction of sp³-hybridized carbons (Fsp3) is 0.912. The van der Waals surface area contributed by atoms with Crippen molar-refractivity contribution >= 4 is 17.8 Å². The van der Waals surface area contributed by atoms with Crippen molar-refractivity contribution in [1.82, 2.24) is 10.6 Å². The summed E-state index contributed by atoms with van der Waals surface area (Å²) in [7, 11) is 0. The van der Waals surface area contributed by atoms with Gasteiger partial charge in [-0.2, -0.15) is 0 Å². The van der Waals surface area contributed by atoms with Crippen LogP contribution < -0.4 is 10.6 Å². The molecule has 3 heterocycles. The van der Waals surface area contributed by atoms with Gasteiger partial charge in [-0.3, -0.25) is 9.59 Å². The average Bonchev–Trinajstić information content (AvgIpc) is 0.754. The molecule has 0 spiro atoms. The molecule has 0 aliphatic carbocycles. The van der Waals surface area contributed by atoms with E-state index >= 15 is 0 Å². The lowest BCUT2D eigenvalue weighted by Gasteiger charge is -2.50. The summed E-state index contributed by atoms with van der Waals surface area (Å²) in [5, 5.41) is 136. The minimum absolute atomic E-state index is 0.198. The van der Waals surface area contributed by atoms with Gasteiger partial charge in [0, 0.05) is 19.8 Å². The maximum Gasteiger partial charge on any atom is 0.364 e. The highest BCUT2D eigenvalue weighted by molar-refractivity contribution is 5.77. The molecule has 103 heavy (non-hydrogen) atoms. The van der Waals surface area contributed by atoms with Crippen molar-refractivity contribution in [2.45, 2.75) is 439 Å². The number of ether oxygens (including phenoxy) is 6. The van der Waals surface area contributed by atoms with Gasteiger partial charge in [0.25, 0.3) is 5.79 Å². The van der Waals surface area contributed by atoms with Crippen LogP contribution in [0.3, 0.4) is 0 Å². The van der Waals surface area contributed by atoms with E-state index in [1.54, 1.807) is 6.08 Å². The number of aliphatic hydroxyl groups excluding tert-OH is 11. The van der Waals surface area contributed by atoms with Crippen LogP contribution in [0.1, 0.15) is 329 Å². The molecule has 23 heteroatoms. The summed E-state index contributed by atoms with van der Waals surface area (Å²) in [6.45, 7) is 2.19. The second kappa shape index (κ2) is 59.1. The lowest BCUT2D eigenvalue weighted by atomic mass is 9.88. The quantitative estimate of drug-likeness (QED) is 0.0199. The molecule has 3 aliphatic rings. The van der Waals surface area contributed by atoms with Crippen molar-refractivity contribution < 1.29 is 104 Å². The van der Waals surface area contributed by atoms with E-state index in [2.05, 4.69) is 36.6 Å². The Balaban J connectivity index is 1.52. The number of aliphatic hydroxyl groups is 11. The predicted octanol–water partition coefficient (Wildman–Crippen LogP) is 11.1. The first-order chi connectivity index (χ1) is 49.9. The Labute approximate surface area is 619 Å². The summed E-state index contributed by atoms with van der Waals surface area (Å²) in [4.78, 5) is 38.7. The molecule has 0 aromatic carbocycles. The van der Waals surface area contributed by atoms with E-state index in [1.807, 2.05) is 6.08 Å². The fourth-order valence-corrected chi connectivity index (χ4v) is 14.4. The zero-order valence-corrected chi connectivity index (χ0v) is 63.9. The number of carbonyl (C=O) groups is 3. The Bertz CT molecular complexity index is 2150.